The molecule has 0 aliphatic heterocycles. The van der Waals surface area contributed by atoms with Crippen LogP contribution in [0.5, 0.6) is 11.5 Å². The fourth-order valence-electron chi connectivity index (χ4n) is 3.06. The summed E-state index contributed by atoms with van der Waals surface area (Å²) in [6, 6.07) is 11.4. The van der Waals surface area contributed by atoms with Crippen molar-refractivity contribution in [3.63, 3.8) is 0 Å². The molecule has 0 bridgehead atoms. The van der Waals surface area contributed by atoms with Gasteiger partial charge in [-0.3, -0.25) is 4.79 Å². The zero-order valence-electron chi connectivity index (χ0n) is 14.5. The summed E-state index contributed by atoms with van der Waals surface area (Å²) in [6.45, 7) is 2.07. The van der Waals surface area contributed by atoms with Gasteiger partial charge in [0.1, 0.15) is 11.5 Å². The van der Waals surface area contributed by atoms with Crippen LogP contribution in [0.25, 0.3) is 0 Å². The first-order chi connectivity index (χ1) is 12.2. The second-order valence-electron chi connectivity index (χ2n) is 6.05. The lowest BCUT2D eigenvalue weighted by atomic mass is 10.0. The number of hydrogen-bond acceptors (Lipinski definition) is 4. The maximum atomic E-state index is 11.9. The number of hydrogen-bond donors (Lipinski definition) is 1. The molecule has 3 rings (SSSR count). The van der Waals surface area contributed by atoms with Gasteiger partial charge in [-0.15, -0.1) is 0 Å². The van der Waals surface area contributed by atoms with Gasteiger partial charge in [0.05, 0.1) is 13.3 Å². The molecule has 0 atom stereocenters. The Labute approximate surface area is 147 Å². The van der Waals surface area contributed by atoms with Crippen molar-refractivity contribution < 1.29 is 14.3 Å². The van der Waals surface area contributed by atoms with E-state index in [1.165, 1.54) is 16.7 Å². The Hall–Kier alpha value is -2.82. The predicted molar refractivity (Wildman–Crippen MR) is 97.4 cm³/mol. The van der Waals surface area contributed by atoms with Crippen molar-refractivity contribution in [3.05, 3.63) is 58.7 Å². The summed E-state index contributed by atoms with van der Waals surface area (Å²) in [7, 11) is 1.61. The highest BCUT2D eigenvalue weighted by atomic mass is 16.5. The summed E-state index contributed by atoms with van der Waals surface area (Å²) in [5.41, 5.74) is 7.24. The van der Waals surface area contributed by atoms with E-state index in [1.54, 1.807) is 13.3 Å². The zero-order chi connectivity index (χ0) is 17.6. The molecule has 25 heavy (non-hydrogen) atoms. The van der Waals surface area contributed by atoms with E-state index in [-0.39, 0.29) is 12.5 Å². The molecule has 130 valence electrons. The minimum absolute atomic E-state index is 0.0506. The molecule has 2 aromatic rings. The van der Waals surface area contributed by atoms with Gasteiger partial charge in [-0.2, -0.15) is 5.10 Å². The van der Waals surface area contributed by atoms with Crippen LogP contribution >= 0.6 is 0 Å². The highest BCUT2D eigenvalue weighted by Crippen LogP contribution is 2.32. The molecule has 0 aromatic heterocycles. The molecule has 1 aliphatic carbocycles. The third-order valence-electron chi connectivity index (χ3n) is 4.33. The average Bonchev–Trinajstić information content (AvgIpc) is 3.12. The van der Waals surface area contributed by atoms with Gasteiger partial charge < -0.3 is 9.47 Å². The van der Waals surface area contributed by atoms with E-state index in [0.717, 1.165) is 36.3 Å². The molecular formula is C20H22N2O3. The maximum absolute atomic E-state index is 11.9. The summed E-state index contributed by atoms with van der Waals surface area (Å²) >= 11 is 0. The number of hydrazone groups is 1. The molecule has 0 radical (unpaired) electrons. The van der Waals surface area contributed by atoms with Crippen molar-refractivity contribution in [2.24, 2.45) is 5.10 Å². The summed E-state index contributed by atoms with van der Waals surface area (Å²) in [4.78, 5) is 11.9. The Morgan fingerprint density at radius 3 is 2.92 bits per heavy atom. The van der Waals surface area contributed by atoms with Crippen molar-refractivity contribution in [2.45, 2.75) is 26.2 Å². The third kappa shape index (κ3) is 4.18. The number of rotatable bonds is 6. The molecule has 5 heteroatoms. The lowest BCUT2D eigenvalue weighted by molar-refractivity contribution is -0.123. The standard InChI is InChI=1S/C20H22N2O3/c1-14-9-10-19(18-8-4-7-17(14)18)25-13-20(23)22-21-12-15-5-3-6-16(11-15)24-2/h3,5-6,9-12H,4,7-8,13H2,1-2H3,(H,22,23). The molecule has 0 unspecified atom stereocenters. The van der Waals surface area contributed by atoms with Crippen LogP contribution < -0.4 is 14.9 Å². The first-order valence-corrected chi connectivity index (χ1v) is 8.37. The van der Waals surface area contributed by atoms with Crippen molar-refractivity contribution in [1.29, 1.82) is 0 Å². The molecule has 0 saturated carbocycles. The number of aryl methyl sites for hydroxylation is 1. The predicted octanol–water partition coefficient (Wildman–Crippen LogP) is 3.02. The Morgan fingerprint density at radius 1 is 1.24 bits per heavy atom. The SMILES string of the molecule is COc1cccc(C=NNC(=O)COc2ccc(C)c3c2CCC3)c1. The molecule has 1 aliphatic rings. The van der Waals surface area contributed by atoms with E-state index in [2.05, 4.69) is 23.5 Å². The first kappa shape index (κ1) is 17.0. The van der Waals surface area contributed by atoms with Gasteiger partial charge in [-0.1, -0.05) is 18.2 Å². The van der Waals surface area contributed by atoms with Crippen LogP contribution in [0.1, 0.15) is 28.7 Å². The molecule has 0 fully saturated rings. The molecule has 0 spiro atoms. The van der Waals surface area contributed by atoms with E-state index in [1.807, 2.05) is 30.3 Å². The summed E-state index contributed by atoms with van der Waals surface area (Å²) < 4.78 is 10.8. The summed E-state index contributed by atoms with van der Waals surface area (Å²) in [5, 5.41) is 3.96. The van der Waals surface area contributed by atoms with Crippen LogP contribution in [-0.2, 0) is 17.6 Å². The fraction of sp³-hybridized carbons (Fsp3) is 0.300. The van der Waals surface area contributed by atoms with Gasteiger partial charge >= 0.3 is 0 Å². The number of amides is 1. The van der Waals surface area contributed by atoms with E-state index < -0.39 is 0 Å². The molecule has 5 nitrogen and oxygen atoms in total. The van der Waals surface area contributed by atoms with Gasteiger partial charge in [0.2, 0.25) is 0 Å². The highest BCUT2D eigenvalue weighted by Gasteiger charge is 2.18. The Bertz CT molecular complexity index is 800. The third-order valence-corrected chi connectivity index (χ3v) is 4.33. The molecule has 0 saturated heterocycles. The van der Waals surface area contributed by atoms with E-state index in [0.29, 0.717) is 0 Å². The van der Waals surface area contributed by atoms with Gasteiger partial charge in [-0.05, 0) is 66.6 Å². The maximum Gasteiger partial charge on any atom is 0.277 e. The van der Waals surface area contributed by atoms with Crippen molar-refractivity contribution in [2.75, 3.05) is 13.7 Å². The van der Waals surface area contributed by atoms with Crippen LogP contribution in [0, 0.1) is 6.92 Å². The summed E-state index contributed by atoms with van der Waals surface area (Å²) in [5.74, 6) is 1.27. The van der Waals surface area contributed by atoms with Gasteiger partial charge in [0.25, 0.3) is 5.91 Å². The van der Waals surface area contributed by atoms with E-state index in [9.17, 15) is 4.79 Å². The number of carbonyl (C=O) groups is 1. The Balaban J connectivity index is 1.53. The van der Waals surface area contributed by atoms with Gasteiger partial charge in [0, 0.05) is 0 Å². The van der Waals surface area contributed by atoms with Gasteiger partial charge in [0.15, 0.2) is 6.61 Å². The smallest absolute Gasteiger partial charge is 0.277 e. The van der Waals surface area contributed by atoms with Crippen LogP contribution in [0.15, 0.2) is 41.5 Å². The number of ether oxygens (including phenoxy) is 2. The number of nitrogens with one attached hydrogen (secondary N) is 1. The minimum Gasteiger partial charge on any atom is -0.497 e. The molecular weight excluding hydrogens is 316 g/mol. The quantitative estimate of drug-likeness (QED) is 0.650. The number of carbonyl (C=O) groups excluding carboxylic acids is 1. The van der Waals surface area contributed by atoms with Crippen molar-refractivity contribution in [1.82, 2.24) is 5.43 Å². The van der Waals surface area contributed by atoms with E-state index >= 15 is 0 Å². The average molecular weight is 338 g/mol. The Kier molecular flexibility index (Phi) is 5.33. The lowest BCUT2D eigenvalue weighted by Gasteiger charge is -2.11. The van der Waals surface area contributed by atoms with Crippen LogP contribution in [-0.4, -0.2) is 25.8 Å². The number of benzene rings is 2. The zero-order valence-corrected chi connectivity index (χ0v) is 14.5. The molecule has 0 heterocycles. The normalized spacial score (nSPS) is 12.9. The van der Waals surface area contributed by atoms with Crippen molar-refractivity contribution >= 4 is 12.1 Å². The van der Waals surface area contributed by atoms with Crippen LogP contribution in [0.4, 0.5) is 0 Å². The Morgan fingerprint density at radius 2 is 2.08 bits per heavy atom. The minimum atomic E-state index is -0.286. The summed E-state index contributed by atoms with van der Waals surface area (Å²) in [6.07, 6.45) is 4.83. The van der Waals surface area contributed by atoms with Crippen LogP contribution in [0.3, 0.4) is 0 Å². The molecule has 1 N–H and O–H groups in total. The molecule has 1 amide bonds. The second kappa shape index (κ2) is 7.83. The monoisotopic (exact) mass is 338 g/mol. The largest absolute Gasteiger partial charge is 0.497 e. The number of fused-ring (bicyclic) bond motifs is 1. The van der Waals surface area contributed by atoms with Gasteiger partial charge in [-0.25, -0.2) is 5.43 Å². The fourth-order valence-corrected chi connectivity index (χ4v) is 3.06. The van der Waals surface area contributed by atoms with E-state index in [4.69, 9.17) is 9.47 Å². The molecule has 2 aromatic carbocycles. The van der Waals surface area contributed by atoms with Crippen molar-refractivity contribution in [3.8, 4) is 11.5 Å². The first-order valence-electron chi connectivity index (χ1n) is 8.37. The lowest BCUT2D eigenvalue weighted by Crippen LogP contribution is -2.24. The number of nitrogens with zero attached hydrogens (tertiary/aromatic N) is 1. The highest BCUT2D eigenvalue weighted by molar-refractivity contribution is 5.83. The topological polar surface area (TPSA) is 59.9 Å². The second-order valence-corrected chi connectivity index (χ2v) is 6.05. The number of methoxy groups -OCH3 is 1. The van der Waals surface area contributed by atoms with Crippen LogP contribution in [0.2, 0.25) is 0 Å².